The Morgan fingerprint density at radius 3 is 1.85 bits per heavy atom. The summed E-state index contributed by atoms with van der Waals surface area (Å²) in [6.45, 7) is 8.64. The van der Waals surface area contributed by atoms with Gasteiger partial charge in [-0.2, -0.15) is 0 Å². The number of carbonyl (C=O) groups is 4. The van der Waals surface area contributed by atoms with E-state index in [1.807, 2.05) is 54.3 Å². The molecule has 95 heavy (non-hydrogen) atoms. The Kier molecular flexibility index (Phi) is 30.0. The van der Waals surface area contributed by atoms with Crippen LogP contribution < -0.4 is 5.32 Å². The first-order valence-corrected chi connectivity index (χ1v) is 33.5. The molecule has 0 unspecified atom stereocenters. The van der Waals surface area contributed by atoms with Crippen molar-refractivity contribution in [3.8, 4) is 11.1 Å². The van der Waals surface area contributed by atoms with Gasteiger partial charge in [0.25, 0.3) is 0 Å². The molecule has 4 heterocycles. The summed E-state index contributed by atoms with van der Waals surface area (Å²) in [5, 5.41) is 126. The Morgan fingerprint density at radius 1 is 0.632 bits per heavy atom. The van der Waals surface area contributed by atoms with Gasteiger partial charge in [0.15, 0.2) is 12.1 Å². The van der Waals surface area contributed by atoms with E-state index < -0.39 is 153 Å². The summed E-state index contributed by atoms with van der Waals surface area (Å²) in [6, 6.07) is 15.3. The summed E-state index contributed by atoms with van der Waals surface area (Å²) in [6.07, 6.45) is 4.67. The fraction of sp³-hybridized carbons (Fsp3) is 0.583. The quantitative estimate of drug-likeness (QED) is 0.0983. The molecule has 23 heteroatoms. The number of nitrogens with zero attached hydrogens (tertiary/aromatic N) is 2. The molecule has 2 aromatic carbocycles. The van der Waals surface area contributed by atoms with Gasteiger partial charge in [0.2, 0.25) is 5.91 Å². The lowest BCUT2D eigenvalue weighted by Gasteiger charge is -2.49. The molecule has 5 aliphatic rings. The highest BCUT2D eigenvalue weighted by atomic mass is 16.7. The third kappa shape index (κ3) is 22.7. The average Bonchev–Trinajstić information content (AvgIpc) is 1.31. The van der Waals surface area contributed by atoms with Crippen molar-refractivity contribution in [3.63, 3.8) is 0 Å². The minimum Gasteiger partial charge on any atom is -0.481 e. The van der Waals surface area contributed by atoms with E-state index in [-0.39, 0.29) is 50.0 Å². The number of rotatable bonds is 12. The molecule has 2 aromatic rings. The fourth-order valence-corrected chi connectivity index (χ4v) is 13.2. The van der Waals surface area contributed by atoms with Crippen molar-refractivity contribution in [2.24, 2.45) is 17.8 Å². The number of aliphatic hydroxyl groups is 10. The zero-order valence-corrected chi connectivity index (χ0v) is 54.9. The number of hydrogen-bond donors (Lipinski definition) is 12. The van der Waals surface area contributed by atoms with Crippen LogP contribution in [0.4, 0.5) is 4.79 Å². The van der Waals surface area contributed by atoms with Crippen LogP contribution >= 0.6 is 0 Å². The van der Waals surface area contributed by atoms with Crippen LogP contribution in [0.5, 0.6) is 0 Å². The normalized spacial score (nSPS) is 36.4. The first-order chi connectivity index (χ1) is 45.4. The molecule has 7 rings (SSSR count). The Bertz CT molecular complexity index is 2930. The molecular formula is C72H101N3O20. The molecule has 12 N–H and O–H groups in total. The predicted molar refractivity (Wildman–Crippen MR) is 352 cm³/mol. The van der Waals surface area contributed by atoms with Gasteiger partial charge in [0.05, 0.1) is 79.6 Å². The number of amides is 2. The number of carboxylic acids is 1. The third-order valence-electron chi connectivity index (χ3n) is 18.7. The molecule has 0 spiro atoms. The van der Waals surface area contributed by atoms with Crippen molar-refractivity contribution in [3.05, 3.63) is 145 Å². The number of hydrogen-bond acceptors (Lipinski definition) is 20. The monoisotopic (exact) mass is 1330 g/mol. The molecular weight excluding hydrogens is 1230 g/mol. The van der Waals surface area contributed by atoms with Crippen molar-refractivity contribution in [1.82, 2.24) is 15.1 Å². The van der Waals surface area contributed by atoms with Crippen LogP contribution in [0.25, 0.3) is 11.1 Å². The summed E-state index contributed by atoms with van der Waals surface area (Å²) < 4.78 is 29.8. The van der Waals surface area contributed by atoms with Crippen LogP contribution in [-0.4, -0.2) is 227 Å². The van der Waals surface area contributed by atoms with Gasteiger partial charge in [0.1, 0.15) is 24.7 Å². The number of carbonyl (C=O) groups excluding carboxylic acids is 3. The number of nitrogens with one attached hydrogen (secondary N) is 1. The summed E-state index contributed by atoms with van der Waals surface area (Å²) in [7, 11) is 0. The first-order valence-electron chi connectivity index (χ1n) is 33.5. The number of carboxylic acid groups (broad SMARTS) is 1. The van der Waals surface area contributed by atoms with E-state index in [9.17, 15) is 75.3 Å². The lowest BCUT2D eigenvalue weighted by molar-refractivity contribution is -0.312. The summed E-state index contributed by atoms with van der Waals surface area (Å²) in [5.74, 6) is -7.10. The molecule has 4 aliphatic heterocycles. The van der Waals surface area contributed by atoms with E-state index >= 15 is 0 Å². The van der Waals surface area contributed by atoms with Crippen LogP contribution in [0.3, 0.4) is 0 Å². The minimum absolute atomic E-state index is 0.0477. The van der Waals surface area contributed by atoms with Crippen LogP contribution in [0.2, 0.25) is 0 Å². The van der Waals surface area contributed by atoms with Crippen molar-refractivity contribution in [2.45, 2.75) is 208 Å². The molecule has 3 fully saturated rings. The smallest absolute Gasteiger partial charge is 0.407 e. The maximum absolute atomic E-state index is 13.5. The van der Waals surface area contributed by atoms with E-state index in [1.165, 1.54) is 0 Å². The van der Waals surface area contributed by atoms with E-state index in [1.54, 1.807) is 92.5 Å². The highest BCUT2D eigenvalue weighted by Crippen LogP contribution is 2.45. The molecule has 524 valence electrons. The number of allylic oxidation sites excluding steroid dienone is 12. The Hall–Kier alpha value is -6.26. The van der Waals surface area contributed by atoms with Gasteiger partial charge < -0.3 is 90.1 Å². The lowest BCUT2D eigenvalue weighted by Crippen LogP contribution is -2.66. The Labute approximate surface area is 557 Å². The molecule has 0 aromatic heterocycles. The van der Waals surface area contributed by atoms with Crippen LogP contribution in [-0.2, 0) is 38.1 Å². The third-order valence-corrected chi connectivity index (χ3v) is 18.7. The van der Waals surface area contributed by atoms with Crippen molar-refractivity contribution < 1.29 is 99.0 Å². The van der Waals surface area contributed by atoms with Gasteiger partial charge in [-0.05, 0) is 68.2 Å². The number of unbranched alkanes of at least 4 members (excludes halogenated alkanes) is 2. The highest BCUT2D eigenvalue weighted by Gasteiger charge is 2.52. The maximum atomic E-state index is 13.5. The molecule has 2 bridgehead atoms. The molecule has 3 saturated heterocycles. The van der Waals surface area contributed by atoms with Gasteiger partial charge in [-0.1, -0.05) is 154 Å². The van der Waals surface area contributed by atoms with Crippen LogP contribution in [0, 0.1) is 17.8 Å². The topological polar surface area (TPSA) is 355 Å². The van der Waals surface area contributed by atoms with E-state index in [4.69, 9.17) is 23.7 Å². The fourth-order valence-electron chi connectivity index (χ4n) is 13.2. The number of fused-ring (bicyclic) bond motifs is 5. The maximum Gasteiger partial charge on any atom is 0.407 e. The number of cyclic esters (lactones) is 1. The van der Waals surface area contributed by atoms with E-state index in [0.29, 0.717) is 58.4 Å². The van der Waals surface area contributed by atoms with Crippen LogP contribution in [0.1, 0.15) is 122 Å². The molecule has 23 nitrogen and oxygen atoms in total. The Balaban J connectivity index is 0.966. The number of ether oxygens (including phenoxy) is 5. The summed E-state index contributed by atoms with van der Waals surface area (Å²) in [4.78, 5) is 55.4. The lowest BCUT2D eigenvalue weighted by atomic mass is 9.82. The highest BCUT2D eigenvalue weighted by molar-refractivity contribution is 5.79. The van der Waals surface area contributed by atoms with Gasteiger partial charge >= 0.3 is 18.0 Å². The number of aliphatic hydroxyl groups excluding tert-OH is 9. The summed E-state index contributed by atoms with van der Waals surface area (Å²) in [5.41, 5.74) is 4.54. The number of esters is 1. The molecule has 0 saturated carbocycles. The van der Waals surface area contributed by atoms with Gasteiger partial charge in [0, 0.05) is 82.6 Å². The largest absolute Gasteiger partial charge is 0.481 e. The van der Waals surface area contributed by atoms with E-state index in [0.717, 1.165) is 22.3 Å². The number of aliphatic carboxylic acids is 1. The molecule has 19 atom stereocenters. The van der Waals surface area contributed by atoms with Gasteiger partial charge in [-0.3, -0.25) is 19.3 Å². The molecule has 2 amide bonds. The van der Waals surface area contributed by atoms with Crippen molar-refractivity contribution >= 4 is 23.9 Å². The number of alkyl carbamates (subject to hydrolysis) is 1. The summed E-state index contributed by atoms with van der Waals surface area (Å²) >= 11 is 0. The first kappa shape index (κ1) is 76.1. The minimum atomic E-state index is -2.38. The average molecular weight is 1330 g/mol. The van der Waals surface area contributed by atoms with Crippen molar-refractivity contribution in [1.29, 1.82) is 0 Å². The second-order valence-corrected chi connectivity index (χ2v) is 26.0. The Morgan fingerprint density at radius 2 is 1.23 bits per heavy atom. The second kappa shape index (κ2) is 37.5. The van der Waals surface area contributed by atoms with Crippen LogP contribution in [0.15, 0.2) is 134 Å². The predicted octanol–water partition coefficient (Wildman–Crippen LogP) is 5.00. The second-order valence-electron chi connectivity index (χ2n) is 26.0. The SMILES string of the molecule is C[C@@H]1[C@H](O)[C@@H](C)/C=C/C=C/C=C/C=C/C=C/C=C/C=C/[C@H](O[C@@H]2O[C@H](C)[C@@H](O)[C@H](N3CCN(C(=O)CCCCCNC(=O)OCC4c5ccccc5-c5ccccc54)CC3)[C@@H]2O)C[C@@H]2O[C@](O)(C[C@@H](O)C[C@@H](O)[C@H](O)CC[C@@H](O)C[C@@H](O)CC(=O)O[C@H]1C)C[C@H](O)[C@H]2C(=O)O. The zero-order valence-electron chi connectivity index (χ0n) is 54.9. The molecule has 1 aliphatic carbocycles. The standard InChI is InChI=1S/C72H101N3O20/c1-45-24-16-13-11-9-7-5-6-8-10-12-14-17-25-52(41-61-64(69(87)88)60(81)43-72(90,95-61)42-51(78)39-59(80)58(79)32-31-49(76)38-50(77)40-63(83)92-47(3)46(2)66(45)84)94-70-68(86)65(67(85)48(4)93-70)75-36-34-74(35-37-75)62(82)30-18-15-23-33-73-71(89)91-44-57-55-28-21-19-26-53(55)54-27-20-22-29-56(54)57/h5-14,16-17,19-22,24-29,45-52,57-61,64-68,70,76-81,84-86,90H,15,18,23,30-44H2,1-4H3,(H,73,89)(H,87,88)/b6-5+,9-7+,10-8+,13-11+,14-12+,24-16+,25-17+/t45-,46-,47-,48+,49+,50+,51-,52-,58+,59+,60-,61-,64+,65-,66+,67+,68-,70-,72+/m0/s1. The van der Waals surface area contributed by atoms with Gasteiger partial charge in [-0.15, -0.1) is 0 Å². The molecule has 0 radical (unpaired) electrons. The van der Waals surface area contributed by atoms with Gasteiger partial charge in [-0.25, -0.2) is 4.79 Å². The van der Waals surface area contributed by atoms with E-state index in [2.05, 4.69) is 29.6 Å². The number of benzene rings is 2. The van der Waals surface area contributed by atoms with Crippen molar-refractivity contribution in [2.75, 3.05) is 39.3 Å². The zero-order chi connectivity index (χ0) is 68.8. The number of piperazine rings is 1.